The molecule has 0 radical (unpaired) electrons. The molecule has 5 nitrogen and oxygen atoms in total. The van der Waals surface area contributed by atoms with Gasteiger partial charge >= 0.3 is 32.8 Å². The van der Waals surface area contributed by atoms with Crippen LogP contribution in [0.3, 0.4) is 0 Å². The van der Waals surface area contributed by atoms with Crippen LogP contribution in [0.15, 0.2) is 164 Å². The van der Waals surface area contributed by atoms with E-state index in [4.69, 9.17) is 9.72 Å². The van der Waals surface area contributed by atoms with Crippen LogP contribution in [0.5, 0.6) is 11.5 Å². The second-order valence-corrected chi connectivity index (χ2v) is 17.9. The molecule has 9 aromatic rings. The van der Waals surface area contributed by atoms with Crippen LogP contribution in [0.25, 0.3) is 49.9 Å². The van der Waals surface area contributed by atoms with Gasteiger partial charge in [0.1, 0.15) is 17.3 Å². The molecule has 0 aliphatic carbocycles. The SMILES string of the molecule is CC(C)(C)c1cccc([N+]2=C=[N+](c3[c-]c(Oc4[c-]c5c(cc4)c4cc(F)ccc4n5-c4cc(C(C)(C)C)ccn4)ccc3)c3cccc(-c4cccc(-c5ccccc5)c4)c32)c1.[Pt+2]. The third kappa shape index (κ3) is 7.86. The van der Waals surface area contributed by atoms with Gasteiger partial charge in [0.25, 0.3) is 5.69 Å². The van der Waals surface area contributed by atoms with Gasteiger partial charge < -0.3 is 9.30 Å². The Labute approximate surface area is 382 Å². The van der Waals surface area contributed by atoms with E-state index in [0.29, 0.717) is 11.5 Å². The van der Waals surface area contributed by atoms with Crippen molar-refractivity contribution in [3.05, 3.63) is 193 Å². The van der Waals surface area contributed by atoms with Crippen molar-refractivity contribution >= 4 is 50.6 Å². The smallest absolute Gasteiger partial charge is 0.509 e. The molecular weight excluding hydrogens is 959 g/mol. The van der Waals surface area contributed by atoms with Crippen molar-refractivity contribution in [2.24, 2.45) is 0 Å². The molecule has 7 heteroatoms. The molecule has 0 amide bonds. The van der Waals surface area contributed by atoms with E-state index in [1.165, 1.54) is 17.2 Å². The molecule has 310 valence electrons. The summed E-state index contributed by atoms with van der Waals surface area (Å²) < 4.78 is 27.6. The number of fused-ring (bicyclic) bond motifs is 4. The Morgan fingerprint density at radius 3 is 2.13 bits per heavy atom. The molecule has 0 unspecified atom stereocenters. The van der Waals surface area contributed by atoms with Gasteiger partial charge in [-0.25, -0.2) is 9.37 Å². The fourth-order valence-corrected chi connectivity index (χ4v) is 8.31. The number of hydrogen-bond donors (Lipinski definition) is 0. The molecule has 0 saturated heterocycles. The molecule has 1 aliphatic rings. The Hall–Kier alpha value is -6.71. The average molecular weight is 1000 g/mol. The fourth-order valence-electron chi connectivity index (χ4n) is 8.31. The molecule has 7 aromatic carbocycles. The van der Waals surface area contributed by atoms with Crippen molar-refractivity contribution in [2.45, 2.75) is 52.4 Å². The number of ether oxygens (including phenoxy) is 1. The van der Waals surface area contributed by atoms with Crippen LogP contribution in [0, 0.1) is 17.9 Å². The van der Waals surface area contributed by atoms with Crippen molar-refractivity contribution < 1.29 is 30.2 Å². The molecule has 2 aromatic heterocycles. The van der Waals surface area contributed by atoms with Gasteiger partial charge in [-0.05, 0) is 91.1 Å². The van der Waals surface area contributed by atoms with Crippen molar-refractivity contribution in [1.82, 2.24) is 18.7 Å². The first-order valence-corrected chi connectivity index (χ1v) is 21.0. The summed E-state index contributed by atoms with van der Waals surface area (Å²) in [5.74, 6) is 1.44. The molecule has 10 rings (SSSR count). The first kappa shape index (κ1) is 41.6. The van der Waals surface area contributed by atoms with E-state index >= 15 is 0 Å². The number of halogens is 1. The quantitative estimate of drug-likeness (QED) is 0.118. The van der Waals surface area contributed by atoms with Gasteiger partial charge in [-0.3, -0.25) is 0 Å². The standard InChI is InChI=1S/C56H45FN4O.Pt/c1-55(2,3)40-18-11-19-43(31-40)60-36-59(51-23-13-22-47(54(51)60)39-17-10-16-38(30-39)37-14-8-7-9-15-37)44-20-12-21-45(34-44)62-46-25-26-48-49-33-42(57)24-27-50(49)61(52(48)35-46)53-32-41(28-29-58-53)56(4,5)6;/h7-33H,1-6H3;/q;+2. The van der Waals surface area contributed by atoms with E-state index in [1.54, 1.807) is 12.1 Å². The first-order chi connectivity index (χ1) is 29.9. The molecule has 0 atom stereocenters. The van der Waals surface area contributed by atoms with Gasteiger partial charge in [0, 0.05) is 41.4 Å². The minimum absolute atomic E-state index is 0. The van der Waals surface area contributed by atoms with E-state index in [1.807, 2.05) is 53.2 Å². The molecule has 0 N–H and O–H groups in total. The van der Waals surface area contributed by atoms with Crippen LogP contribution in [0.2, 0.25) is 0 Å². The van der Waals surface area contributed by atoms with E-state index in [9.17, 15) is 4.39 Å². The predicted molar refractivity (Wildman–Crippen MR) is 252 cm³/mol. The van der Waals surface area contributed by atoms with Crippen molar-refractivity contribution in [2.75, 3.05) is 0 Å². The molecule has 1 aliphatic heterocycles. The number of para-hydroxylation sites is 1. The maximum Gasteiger partial charge on any atom is 2.00 e. The number of nitrogens with zero attached hydrogens (tertiary/aromatic N) is 4. The maximum absolute atomic E-state index is 14.7. The minimum Gasteiger partial charge on any atom is -0.509 e. The Morgan fingerprint density at radius 1 is 0.603 bits per heavy atom. The Balaban J connectivity index is 0.00000504. The number of benzene rings is 7. The summed E-state index contributed by atoms with van der Waals surface area (Å²) in [6, 6.07) is 63.9. The Kier molecular flexibility index (Phi) is 10.7. The van der Waals surface area contributed by atoms with Crippen LogP contribution >= 0.6 is 0 Å². The Morgan fingerprint density at radius 2 is 1.32 bits per heavy atom. The molecule has 0 spiro atoms. The third-order valence-electron chi connectivity index (χ3n) is 11.6. The topological polar surface area (TPSA) is 33.1 Å². The van der Waals surface area contributed by atoms with Gasteiger partial charge in [-0.2, -0.15) is 12.1 Å². The van der Waals surface area contributed by atoms with Crippen molar-refractivity contribution in [3.63, 3.8) is 0 Å². The summed E-state index contributed by atoms with van der Waals surface area (Å²) in [5, 5.41) is 1.63. The van der Waals surface area contributed by atoms with Crippen LogP contribution in [-0.4, -0.2) is 15.6 Å². The second-order valence-electron chi connectivity index (χ2n) is 17.9. The molecule has 0 fully saturated rings. The maximum atomic E-state index is 14.7. The van der Waals surface area contributed by atoms with Crippen molar-refractivity contribution in [3.8, 4) is 39.6 Å². The largest absolute Gasteiger partial charge is 2.00 e. The molecule has 3 heterocycles. The van der Waals surface area contributed by atoms with Crippen LogP contribution < -0.4 is 13.9 Å². The van der Waals surface area contributed by atoms with Gasteiger partial charge in [-0.1, -0.05) is 130 Å². The normalized spacial score (nSPS) is 12.5. The monoisotopic (exact) mass is 1000 g/mol. The first-order valence-electron chi connectivity index (χ1n) is 21.0. The van der Waals surface area contributed by atoms with Gasteiger partial charge in [0.2, 0.25) is 5.69 Å². The average Bonchev–Trinajstić information content (AvgIpc) is 3.82. The van der Waals surface area contributed by atoms with E-state index in [0.717, 1.165) is 72.6 Å². The van der Waals surface area contributed by atoms with Gasteiger partial charge in [0.15, 0.2) is 0 Å². The molecular formula is C56H45FN4OPt+2. The van der Waals surface area contributed by atoms with E-state index in [-0.39, 0.29) is 37.7 Å². The second kappa shape index (κ2) is 16.2. The van der Waals surface area contributed by atoms with Crippen LogP contribution in [0.4, 0.5) is 27.1 Å². The fraction of sp³-hybridized carbons (Fsp3) is 0.143. The number of pyridine rings is 1. The zero-order chi connectivity index (χ0) is 42.8. The molecule has 63 heavy (non-hydrogen) atoms. The summed E-state index contributed by atoms with van der Waals surface area (Å²) >= 11 is 0. The van der Waals surface area contributed by atoms with Gasteiger partial charge in [0.05, 0.1) is 5.56 Å². The summed E-state index contributed by atoms with van der Waals surface area (Å²) in [6.45, 7) is 13.2. The zero-order valence-corrected chi connectivity index (χ0v) is 38.3. The van der Waals surface area contributed by atoms with Gasteiger partial charge in [-0.15, -0.1) is 23.6 Å². The number of aromatic nitrogens is 2. The predicted octanol–water partition coefficient (Wildman–Crippen LogP) is 14.5. The summed E-state index contributed by atoms with van der Waals surface area (Å²) in [4.78, 5) is 4.78. The minimum atomic E-state index is -0.301. The Bertz CT molecular complexity index is 3290. The van der Waals surface area contributed by atoms with E-state index < -0.39 is 0 Å². The third-order valence-corrected chi connectivity index (χ3v) is 11.6. The number of hydrogen-bond acceptors (Lipinski definition) is 2. The van der Waals surface area contributed by atoms with E-state index in [2.05, 4.69) is 166 Å². The molecule has 0 saturated carbocycles. The zero-order valence-electron chi connectivity index (χ0n) is 36.0. The van der Waals surface area contributed by atoms with Crippen LogP contribution in [0.1, 0.15) is 52.7 Å². The van der Waals surface area contributed by atoms with Crippen LogP contribution in [-0.2, 0) is 31.9 Å². The van der Waals surface area contributed by atoms with Crippen molar-refractivity contribution in [1.29, 1.82) is 0 Å². The summed E-state index contributed by atoms with van der Waals surface area (Å²) in [5.41, 5.74) is 12.1. The summed E-state index contributed by atoms with van der Waals surface area (Å²) in [7, 11) is 0. The molecule has 0 bridgehead atoms. The number of rotatable bonds is 7. The summed E-state index contributed by atoms with van der Waals surface area (Å²) in [6.07, 6.45) is 1.83.